The molecule has 1 nitrogen and oxygen atoms in total. The zero-order valence-electron chi connectivity index (χ0n) is 15.2. The van der Waals surface area contributed by atoms with Crippen LogP contribution in [0.15, 0.2) is 0 Å². The van der Waals surface area contributed by atoms with Crippen LogP contribution in [0.25, 0.3) is 0 Å². The monoisotopic (exact) mass is 281 g/mol. The van der Waals surface area contributed by atoms with Crippen LogP contribution in [0.1, 0.15) is 87.0 Å². The minimum absolute atomic E-state index is 0.335. The quantitative estimate of drug-likeness (QED) is 0.561. The van der Waals surface area contributed by atoms with E-state index in [-0.39, 0.29) is 0 Å². The highest BCUT2D eigenvalue weighted by Crippen LogP contribution is 2.36. The molecule has 1 heteroatoms. The zero-order valence-corrected chi connectivity index (χ0v) is 15.2. The van der Waals surface area contributed by atoms with Gasteiger partial charge in [0.1, 0.15) is 0 Å². The first-order valence-electron chi connectivity index (χ1n) is 9.06. The summed E-state index contributed by atoms with van der Waals surface area (Å²) in [5, 5.41) is 0. The summed E-state index contributed by atoms with van der Waals surface area (Å²) in [5.41, 5.74) is 0.335. The molecule has 0 aromatic heterocycles. The Kier molecular flexibility index (Phi) is 7.04. The molecule has 20 heavy (non-hydrogen) atoms. The Morgan fingerprint density at radius 1 is 1.00 bits per heavy atom. The van der Waals surface area contributed by atoms with Crippen LogP contribution in [-0.2, 0) is 0 Å². The molecule has 1 rings (SSSR count). The standard InChI is InChI=1S/C19H39N/c1-8-19(6,7)20(16(4)5)14-17-12-10-9-11-13-18(17)15(2)3/h15-18H,8-14H2,1-7H3. The van der Waals surface area contributed by atoms with E-state index in [1.807, 2.05) is 0 Å². The molecule has 0 N–H and O–H groups in total. The van der Waals surface area contributed by atoms with Gasteiger partial charge in [0.25, 0.3) is 0 Å². The van der Waals surface area contributed by atoms with E-state index < -0.39 is 0 Å². The number of nitrogens with zero attached hydrogens (tertiary/aromatic N) is 1. The lowest BCUT2D eigenvalue weighted by molar-refractivity contribution is 0.0413. The number of hydrogen-bond acceptors (Lipinski definition) is 1. The van der Waals surface area contributed by atoms with E-state index in [9.17, 15) is 0 Å². The van der Waals surface area contributed by atoms with E-state index in [2.05, 4.69) is 53.4 Å². The minimum atomic E-state index is 0.335. The normalized spacial score (nSPS) is 25.5. The SMILES string of the molecule is CCC(C)(C)N(CC1CCCCCC1C(C)C)C(C)C. The Morgan fingerprint density at radius 3 is 2.10 bits per heavy atom. The van der Waals surface area contributed by atoms with Gasteiger partial charge in [0.2, 0.25) is 0 Å². The fraction of sp³-hybridized carbons (Fsp3) is 1.00. The maximum atomic E-state index is 2.78. The van der Waals surface area contributed by atoms with Gasteiger partial charge in [-0.3, -0.25) is 4.90 Å². The van der Waals surface area contributed by atoms with Crippen molar-refractivity contribution < 1.29 is 0 Å². The van der Waals surface area contributed by atoms with E-state index in [1.165, 1.54) is 45.1 Å². The van der Waals surface area contributed by atoms with Crippen molar-refractivity contribution >= 4 is 0 Å². The van der Waals surface area contributed by atoms with Crippen LogP contribution in [-0.4, -0.2) is 23.0 Å². The van der Waals surface area contributed by atoms with Crippen LogP contribution in [0.2, 0.25) is 0 Å². The highest BCUT2D eigenvalue weighted by molar-refractivity contribution is 4.87. The first kappa shape index (κ1) is 18.0. The maximum absolute atomic E-state index is 2.78. The van der Waals surface area contributed by atoms with Crippen LogP contribution in [0, 0.1) is 17.8 Å². The molecule has 1 aliphatic rings. The van der Waals surface area contributed by atoms with Crippen molar-refractivity contribution in [2.75, 3.05) is 6.54 Å². The largest absolute Gasteiger partial charge is 0.296 e. The van der Waals surface area contributed by atoms with Crippen molar-refractivity contribution in [3.8, 4) is 0 Å². The van der Waals surface area contributed by atoms with Gasteiger partial charge in [-0.1, -0.05) is 40.0 Å². The molecule has 0 aliphatic heterocycles. The average Bonchev–Trinajstić information content (AvgIpc) is 2.60. The van der Waals surface area contributed by atoms with Crippen molar-refractivity contribution in [2.45, 2.75) is 98.6 Å². The fourth-order valence-electron chi connectivity index (χ4n) is 4.13. The summed E-state index contributed by atoms with van der Waals surface area (Å²) in [5.74, 6) is 2.69. The van der Waals surface area contributed by atoms with E-state index in [1.54, 1.807) is 0 Å². The van der Waals surface area contributed by atoms with Gasteiger partial charge in [0.05, 0.1) is 0 Å². The highest BCUT2D eigenvalue weighted by Gasteiger charge is 2.33. The Morgan fingerprint density at radius 2 is 1.60 bits per heavy atom. The molecule has 0 aromatic carbocycles. The van der Waals surface area contributed by atoms with Gasteiger partial charge >= 0.3 is 0 Å². The van der Waals surface area contributed by atoms with E-state index >= 15 is 0 Å². The third-order valence-corrected chi connectivity index (χ3v) is 5.77. The lowest BCUT2D eigenvalue weighted by atomic mass is 9.79. The first-order valence-corrected chi connectivity index (χ1v) is 9.06. The van der Waals surface area contributed by atoms with E-state index in [0.29, 0.717) is 11.6 Å². The second-order valence-electron chi connectivity index (χ2n) is 8.22. The Balaban J connectivity index is 2.83. The minimum Gasteiger partial charge on any atom is -0.296 e. The Labute approximate surface area is 128 Å². The molecular formula is C19H39N. The number of rotatable bonds is 6. The van der Waals surface area contributed by atoms with Crippen LogP contribution < -0.4 is 0 Å². The molecule has 0 saturated heterocycles. The summed E-state index contributed by atoms with van der Waals surface area (Å²) in [6.45, 7) is 18.1. The molecule has 0 bridgehead atoms. The maximum Gasteiger partial charge on any atom is 0.0153 e. The third kappa shape index (κ3) is 4.76. The smallest absolute Gasteiger partial charge is 0.0153 e. The topological polar surface area (TPSA) is 3.24 Å². The predicted molar refractivity (Wildman–Crippen MR) is 91.1 cm³/mol. The summed E-state index contributed by atoms with van der Waals surface area (Å²) in [4.78, 5) is 2.78. The Bertz CT molecular complexity index is 267. The molecule has 0 spiro atoms. The summed E-state index contributed by atoms with van der Waals surface area (Å²) < 4.78 is 0. The van der Waals surface area contributed by atoms with Crippen molar-refractivity contribution in [1.82, 2.24) is 4.90 Å². The van der Waals surface area contributed by atoms with Crippen LogP contribution in [0.4, 0.5) is 0 Å². The van der Waals surface area contributed by atoms with Crippen LogP contribution >= 0.6 is 0 Å². The molecule has 1 aliphatic carbocycles. The predicted octanol–water partition coefficient (Wildman–Crippen LogP) is 5.74. The third-order valence-electron chi connectivity index (χ3n) is 5.77. The van der Waals surface area contributed by atoms with Crippen LogP contribution in [0.3, 0.4) is 0 Å². The summed E-state index contributed by atoms with van der Waals surface area (Å²) >= 11 is 0. The molecule has 2 atom stereocenters. The van der Waals surface area contributed by atoms with Gasteiger partial charge in [-0.15, -0.1) is 0 Å². The zero-order chi connectivity index (χ0) is 15.3. The fourth-order valence-corrected chi connectivity index (χ4v) is 4.13. The van der Waals surface area contributed by atoms with E-state index in [0.717, 1.165) is 17.8 Å². The molecular weight excluding hydrogens is 242 g/mol. The second-order valence-corrected chi connectivity index (χ2v) is 8.22. The molecule has 0 heterocycles. The molecule has 0 aromatic rings. The van der Waals surface area contributed by atoms with E-state index in [4.69, 9.17) is 0 Å². The van der Waals surface area contributed by atoms with Crippen LogP contribution in [0.5, 0.6) is 0 Å². The summed E-state index contributed by atoms with van der Waals surface area (Å²) in [6, 6.07) is 0.654. The first-order chi connectivity index (χ1) is 9.29. The van der Waals surface area contributed by atoms with Crippen molar-refractivity contribution in [2.24, 2.45) is 17.8 Å². The lowest BCUT2D eigenvalue weighted by Crippen LogP contribution is -2.50. The molecule has 1 saturated carbocycles. The van der Waals surface area contributed by atoms with Crippen molar-refractivity contribution in [1.29, 1.82) is 0 Å². The van der Waals surface area contributed by atoms with Gasteiger partial charge in [-0.25, -0.2) is 0 Å². The summed E-state index contributed by atoms with van der Waals surface area (Å²) in [7, 11) is 0. The van der Waals surface area contributed by atoms with Crippen molar-refractivity contribution in [3.63, 3.8) is 0 Å². The van der Waals surface area contributed by atoms with Gasteiger partial charge in [-0.2, -0.15) is 0 Å². The Hall–Kier alpha value is -0.0400. The van der Waals surface area contributed by atoms with Gasteiger partial charge in [0, 0.05) is 18.1 Å². The number of hydrogen-bond donors (Lipinski definition) is 0. The molecule has 0 radical (unpaired) electrons. The molecule has 2 unspecified atom stereocenters. The van der Waals surface area contributed by atoms with Gasteiger partial charge in [-0.05, 0) is 64.7 Å². The van der Waals surface area contributed by atoms with Gasteiger partial charge in [0.15, 0.2) is 0 Å². The summed E-state index contributed by atoms with van der Waals surface area (Å²) in [6.07, 6.45) is 8.51. The lowest BCUT2D eigenvalue weighted by Gasteiger charge is -2.44. The molecule has 1 fully saturated rings. The van der Waals surface area contributed by atoms with Crippen molar-refractivity contribution in [3.05, 3.63) is 0 Å². The molecule has 120 valence electrons. The van der Waals surface area contributed by atoms with Gasteiger partial charge < -0.3 is 0 Å². The second kappa shape index (κ2) is 7.82. The molecule has 0 amide bonds. The average molecular weight is 282 g/mol. The highest BCUT2D eigenvalue weighted by atomic mass is 15.2.